The molecule has 0 aliphatic heterocycles. The Bertz CT molecular complexity index is 903. The predicted octanol–water partition coefficient (Wildman–Crippen LogP) is 2.84. The number of halogens is 1. The van der Waals surface area contributed by atoms with Gasteiger partial charge in [-0.2, -0.15) is 0 Å². The molecule has 0 amide bonds. The first-order valence-corrected chi connectivity index (χ1v) is 12.6. The number of alkyl halides is 1. The van der Waals surface area contributed by atoms with Crippen molar-refractivity contribution in [1.82, 2.24) is 0 Å². The van der Waals surface area contributed by atoms with Crippen LogP contribution in [-0.4, -0.2) is 36.6 Å². The van der Waals surface area contributed by atoms with Gasteiger partial charge in [-0.15, -0.1) is 0 Å². The van der Waals surface area contributed by atoms with Crippen LogP contribution in [-0.2, 0) is 19.7 Å². The van der Waals surface area contributed by atoms with E-state index in [0.717, 1.165) is 0 Å². The molecule has 1 fully saturated rings. The summed E-state index contributed by atoms with van der Waals surface area (Å²) in [4.78, 5) is -0.0818. The van der Waals surface area contributed by atoms with Crippen molar-refractivity contribution >= 4 is 42.3 Å². The molecule has 0 radical (unpaired) electrons. The minimum Gasteiger partial charge on any atom is -0.393 e. The Morgan fingerprint density at radius 2 is 1.27 bits per heavy atom. The second-order valence-electron chi connectivity index (χ2n) is 6.43. The molecule has 0 bridgehead atoms. The number of hydrogen-bond donors (Lipinski definition) is 1. The molecule has 0 heterocycles. The molecular weight excluding hydrogens is 487 g/mol. The summed E-state index contributed by atoms with van der Waals surface area (Å²) in [6.07, 6.45) is -1.43. The fraction of sp³-hybridized carbons (Fsp3) is 0.333. The Balaban J connectivity index is 2.26. The molecule has 2 aromatic carbocycles. The van der Waals surface area contributed by atoms with Gasteiger partial charge in [0, 0.05) is 10.8 Å². The van der Waals surface area contributed by atoms with E-state index in [1.165, 1.54) is 24.3 Å². The zero-order valence-electron chi connectivity index (χ0n) is 13.8. The molecule has 1 saturated carbocycles. The molecule has 3 rings (SSSR count). The molecule has 1 N–H and O–H groups in total. The van der Waals surface area contributed by atoms with E-state index >= 15 is 0 Å². The van der Waals surface area contributed by atoms with E-state index < -0.39 is 35.8 Å². The molecule has 26 heavy (non-hydrogen) atoms. The number of hydrogen-bond acceptors (Lipinski definition) is 5. The summed E-state index contributed by atoms with van der Waals surface area (Å²) in [6, 6.07) is 15.2. The maximum absolute atomic E-state index is 13.5. The summed E-state index contributed by atoms with van der Waals surface area (Å²) < 4.78 is 52.4. The molecule has 0 unspecified atom stereocenters. The van der Waals surface area contributed by atoms with Gasteiger partial charge in [0.1, 0.15) is 0 Å². The van der Waals surface area contributed by atoms with Crippen LogP contribution in [0.25, 0.3) is 0 Å². The van der Waals surface area contributed by atoms with E-state index in [0.29, 0.717) is 4.43 Å². The molecule has 140 valence electrons. The topological polar surface area (TPSA) is 88.5 Å². The maximum Gasteiger partial charge on any atom is 0.198 e. The van der Waals surface area contributed by atoms with Gasteiger partial charge < -0.3 is 5.11 Å². The van der Waals surface area contributed by atoms with E-state index in [4.69, 9.17) is 0 Å². The van der Waals surface area contributed by atoms with Crippen molar-refractivity contribution in [3.63, 3.8) is 0 Å². The number of rotatable bonds is 5. The van der Waals surface area contributed by atoms with Gasteiger partial charge >= 0.3 is 0 Å². The fourth-order valence-corrected chi connectivity index (χ4v) is 9.64. The van der Waals surface area contributed by atoms with Gasteiger partial charge in [0.05, 0.1) is 15.9 Å². The average Bonchev–Trinajstić information content (AvgIpc) is 3.02. The summed E-state index contributed by atoms with van der Waals surface area (Å²) in [5.74, 6) is -0.396. The normalized spacial score (nSPS) is 23.0. The second kappa shape index (κ2) is 7.21. The van der Waals surface area contributed by atoms with E-state index in [1.54, 1.807) is 36.4 Å². The van der Waals surface area contributed by atoms with Crippen LogP contribution in [0.5, 0.6) is 0 Å². The van der Waals surface area contributed by atoms with Gasteiger partial charge in [0.15, 0.2) is 23.8 Å². The summed E-state index contributed by atoms with van der Waals surface area (Å²) in [6.45, 7) is 0. The summed E-state index contributed by atoms with van der Waals surface area (Å²) in [5.41, 5.74) is 0. The zero-order valence-corrected chi connectivity index (χ0v) is 17.6. The van der Waals surface area contributed by atoms with Crippen molar-refractivity contribution in [2.45, 2.75) is 32.8 Å². The lowest BCUT2D eigenvalue weighted by molar-refractivity contribution is 0.144. The SMILES string of the molecule is O=S(=O)(c1ccccc1)C1(S(=O)(=O)c2ccccc2)C[C@@H](CI)[C@@H](O)C1. The smallest absolute Gasteiger partial charge is 0.198 e. The van der Waals surface area contributed by atoms with Crippen LogP contribution in [0.2, 0.25) is 0 Å². The Morgan fingerprint density at radius 3 is 1.62 bits per heavy atom. The van der Waals surface area contributed by atoms with Gasteiger partial charge in [0.25, 0.3) is 0 Å². The molecule has 2 atom stereocenters. The average molecular weight is 506 g/mol. The number of sulfone groups is 2. The number of benzene rings is 2. The van der Waals surface area contributed by atoms with Gasteiger partial charge in [-0.25, -0.2) is 16.8 Å². The summed E-state index contributed by atoms with van der Waals surface area (Å²) in [5, 5.41) is 10.4. The Hall–Kier alpha value is -0.970. The lowest BCUT2D eigenvalue weighted by Crippen LogP contribution is -2.44. The van der Waals surface area contributed by atoms with Gasteiger partial charge in [0.2, 0.25) is 0 Å². The number of aliphatic hydroxyl groups is 1. The fourth-order valence-electron chi connectivity index (χ4n) is 3.47. The van der Waals surface area contributed by atoms with Crippen LogP contribution >= 0.6 is 22.6 Å². The Labute approximate surface area is 167 Å². The highest BCUT2D eigenvalue weighted by molar-refractivity contribution is 14.1. The first kappa shape index (κ1) is 19.8. The highest BCUT2D eigenvalue weighted by Crippen LogP contribution is 2.49. The molecule has 8 heteroatoms. The highest BCUT2D eigenvalue weighted by Gasteiger charge is 2.62. The minimum atomic E-state index is -4.23. The first-order valence-electron chi connectivity index (χ1n) is 8.10. The van der Waals surface area contributed by atoms with Gasteiger partial charge in [-0.05, 0) is 36.6 Å². The molecule has 0 aromatic heterocycles. The Morgan fingerprint density at radius 1 is 0.846 bits per heavy atom. The van der Waals surface area contributed by atoms with Crippen molar-refractivity contribution < 1.29 is 21.9 Å². The molecule has 0 spiro atoms. The van der Waals surface area contributed by atoms with E-state index in [-0.39, 0.29) is 22.6 Å². The predicted molar refractivity (Wildman–Crippen MR) is 108 cm³/mol. The number of aliphatic hydroxyl groups excluding tert-OH is 1. The van der Waals surface area contributed by atoms with Gasteiger partial charge in [-0.1, -0.05) is 59.0 Å². The van der Waals surface area contributed by atoms with Crippen molar-refractivity contribution in [2.24, 2.45) is 5.92 Å². The Kier molecular flexibility index (Phi) is 5.49. The molecule has 1 aliphatic carbocycles. The second-order valence-corrected chi connectivity index (χ2v) is 12.1. The van der Waals surface area contributed by atoms with Crippen LogP contribution in [0, 0.1) is 5.92 Å². The van der Waals surface area contributed by atoms with Crippen LogP contribution in [0.3, 0.4) is 0 Å². The highest BCUT2D eigenvalue weighted by atomic mass is 127. The first-order chi connectivity index (χ1) is 12.3. The summed E-state index contributed by atoms with van der Waals surface area (Å²) in [7, 11) is -8.47. The molecule has 0 saturated heterocycles. The monoisotopic (exact) mass is 506 g/mol. The van der Waals surface area contributed by atoms with Crippen LogP contribution in [0.1, 0.15) is 12.8 Å². The lowest BCUT2D eigenvalue weighted by Gasteiger charge is -2.29. The van der Waals surface area contributed by atoms with E-state index in [1.807, 2.05) is 0 Å². The van der Waals surface area contributed by atoms with Gasteiger partial charge in [-0.3, -0.25) is 0 Å². The third-order valence-electron chi connectivity index (χ3n) is 4.92. The molecule has 5 nitrogen and oxygen atoms in total. The summed E-state index contributed by atoms with van der Waals surface area (Å²) >= 11 is 2.06. The minimum absolute atomic E-state index is 0.0409. The zero-order chi connectivity index (χ0) is 19.0. The quantitative estimate of drug-likeness (QED) is 0.498. The van der Waals surface area contributed by atoms with Crippen molar-refractivity contribution in [3.8, 4) is 0 Å². The van der Waals surface area contributed by atoms with Crippen LogP contribution in [0.4, 0.5) is 0 Å². The van der Waals surface area contributed by atoms with Crippen molar-refractivity contribution in [3.05, 3.63) is 60.7 Å². The third kappa shape index (κ3) is 3.00. The van der Waals surface area contributed by atoms with Crippen LogP contribution < -0.4 is 0 Å². The maximum atomic E-state index is 13.5. The van der Waals surface area contributed by atoms with Crippen LogP contribution in [0.15, 0.2) is 70.5 Å². The molecule has 2 aromatic rings. The van der Waals surface area contributed by atoms with Crippen molar-refractivity contribution in [2.75, 3.05) is 4.43 Å². The lowest BCUT2D eigenvalue weighted by atomic mass is 10.1. The molecule has 1 aliphatic rings. The third-order valence-corrected chi connectivity index (χ3v) is 11.8. The van der Waals surface area contributed by atoms with Crippen molar-refractivity contribution in [1.29, 1.82) is 0 Å². The van der Waals surface area contributed by atoms with E-state index in [2.05, 4.69) is 22.6 Å². The largest absolute Gasteiger partial charge is 0.393 e. The standard InChI is InChI=1S/C18H19IO5S2/c19-13-14-11-18(12-17(14)20,25(21,22)15-7-3-1-4-8-15)26(23,24)16-9-5-2-6-10-16/h1-10,14,17,20H,11-13H2/t14-,17-/m0/s1. The molecular formula is C18H19IO5S2. The van der Waals surface area contributed by atoms with E-state index in [9.17, 15) is 21.9 Å².